The molecule has 10 heteroatoms. The SMILES string of the molecule is O=C(COc1ccc(C=NNC(=O)c2cccnc2Cl)cc1Br)Nc1ccc(F)cc1. The molecule has 0 aliphatic rings. The van der Waals surface area contributed by atoms with E-state index in [1.165, 1.54) is 42.7 Å². The molecule has 0 bridgehead atoms. The molecule has 31 heavy (non-hydrogen) atoms. The highest BCUT2D eigenvalue weighted by Crippen LogP contribution is 2.25. The number of nitrogens with zero attached hydrogens (tertiary/aromatic N) is 2. The van der Waals surface area contributed by atoms with Gasteiger partial charge in [-0.2, -0.15) is 5.10 Å². The Balaban J connectivity index is 1.52. The summed E-state index contributed by atoms with van der Waals surface area (Å²) in [7, 11) is 0. The van der Waals surface area contributed by atoms with Crippen molar-refractivity contribution < 1.29 is 18.7 Å². The average molecular weight is 506 g/mol. The number of rotatable bonds is 7. The summed E-state index contributed by atoms with van der Waals surface area (Å²) in [6.07, 6.45) is 2.92. The Morgan fingerprint density at radius 1 is 1.19 bits per heavy atom. The fourth-order valence-corrected chi connectivity index (χ4v) is 3.09. The summed E-state index contributed by atoms with van der Waals surface area (Å²) < 4.78 is 19.0. The molecule has 7 nitrogen and oxygen atoms in total. The summed E-state index contributed by atoms with van der Waals surface area (Å²) in [5, 5.41) is 6.58. The van der Waals surface area contributed by atoms with Gasteiger partial charge in [0, 0.05) is 11.9 Å². The van der Waals surface area contributed by atoms with Crippen LogP contribution in [0.1, 0.15) is 15.9 Å². The number of pyridine rings is 1. The van der Waals surface area contributed by atoms with Crippen LogP contribution in [0.5, 0.6) is 5.75 Å². The van der Waals surface area contributed by atoms with Crippen LogP contribution in [0.2, 0.25) is 5.15 Å². The van der Waals surface area contributed by atoms with Crippen LogP contribution >= 0.6 is 27.5 Å². The molecule has 1 heterocycles. The molecule has 2 amide bonds. The van der Waals surface area contributed by atoms with Crippen LogP contribution in [0, 0.1) is 5.82 Å². The molecule has 3 aromatic rings. The maximum absolute atomic E-state index is 12.9. The number of ether oxygens (including phenoxy) is 1. The lowest BCUT2D eigenvalue weighted by atomic mass is 10.2. The summed E-state index contributed by atoms with van der Waals surface area (Å²) in [5.74, 6) is -0.818. The van der Waals surface area contributed by atoms with Crippen molar-refractivity contribution in [3.05, 3.63) is 87.4 Å². The van der Waals surface area contributed by atoms with E-state index in [1.54, 1.807) is 24.3 Å². The molecule has 0 saturated heterocycles. The normalized spacial score (nSPS) is 10.7. The van der Waals surface area contributed by atoms with E-state index in [4.69, 9.17) is 16.3 Å². The predicted octanol–water partition coefficient (Wildman–Crippen LogP) is 4.42. The van der Waals surface area contributed by atoms with Crippen LogP contribution in [0.3, 0.4) is 0 Å². The van der Waals surface area contributed by atoms with E-state index in [-0.39, 0.29) is 29.0 Å². The van der Waals surface area contributed by atoms with Gasteiger partial charge in [-0.3, -0.25) is 9.59 Å². The quantitative estimate of drug-likeness (QED) is 0.282. The number of benzene rings is 2. The topological polar surface area (TPSA) is 92.7 Å². The second-order valence-electron chi connectivity index (χ2n) is 6.07. The molecule has 0 aliphatic carbocycles. The van der Waals surface area contributed by atoms with E-state index in [0.717, 1.165) is 0 Å². The van der Waals surface area contributed by atoms with Crippen LogP contribution in [0.25, 0.3) is 0 Å². The summed E-state index contributed by atoms with van der Waals surface area (Å²) in [5.41, 5.74) is 3.73. The fourth-order valence-electron chi connectivity index (χ4n) is 2.37. The van der Waals surface area contributed by atoms with Crippen molar-refractivity contribution in [2.45, 2.75) is 0 Å². The maximum atomic E-state index is 12.9. The van der Waals surface area contributed by atoms with Crippen molar-refractivity contribution in [1.29, 1.82) is 0 Å². The van der Waals surface area contributed by atoms with Crippen LogP contribution in [-0.4, -0.2) is 29.6 Å². The van der Waals surface area contributed by atoms with E-state index in [9.17, 15) is 14.0 Å². The van der Waals surface area contributed by atoms with E-state index >= 15 is 0 Å². The van der Waals surface area contributed by atoms with Crippen molar-refractivity contribution in [3.63, 3.8) is 0 Å². The van der Waals surface area contributed by atoms with Gasteiger partial charge in [-0.15, -0.1) is 0 Å². The second-order valence-corrected chi connectivity index (χ2v) is 7.29. The fraction of sp³-hybridized carbons (Fsp3) is 0.0476. The first-order valence-corrected chi connectivity index (χ1v) is 10.0. The number of aromatic nitrogens is 1. The van der Waals surface area contributed by atoms with Gasteiger partial charge in [-0.1, -0.05) is 11.6 Å². The van der Waals surface area contributed by atoms with Crippen molar-refractivity contribution >= 4 is 51.2 Å². The van der Waals surface area contributed by atoms with Crippen molar-refractivity contribution in [2.24, 2.45) is 5.10 Å². The van der Waals surface area contributed by atoms with E-state index in [2.05, 4.69) is 36.8 Å². The molecule has 0 fully saturated rings. The highest BCUT2D eigenvalue weighted by atomic mass is 79.9. The number of anilines is 1. The molecular weight excluding hydrogens is 491 g/mol. The highest BCUT2D eigenvalue weighted by Gasteiger charge is 2.10. The highest BCUT2D eigenvalue weighted by molar-refractivity contribution is 9.10. The largest absolute Gasteiger partial charge is 0.483 e. The first kappa shape index (κ1) is 22.4. The Bertz CT molecular complexity index is 1130. The van der Waals surface area contributed by atoms with Crippen molar-refractivity contribution in [3.8, 4) is 5.75 Å². The third kappa shape index (κ3) is 6.59. The lowest BCUT2D eigenvalue weighted by Crippen LogP contribution is -2.20. The molecule has 0 aliphatic heterocycles. The van der Waals surface area contributed by atoms with Crippen LogP contribution in [-0.2, 0) is 4.79 Å². The number of amides is 2. The second kappa shape index (κ2) is 10.6. The van der Waals surface area contributed by atoms with Crippen molar-refractivity contribution in [2.75, 3.05) is 11.9 Å². The minimum absolute atomic E-state index is 0.0860. The van der Waals surface area contributed by atoms with Gasteiger partial charge in [0.15, 0.2) is 6.61 Å². The number of hydrogen-bond donors (Lipinski definition) is 2. The average Bonchev–Trinajstić information content (AvgIpc) is 2.75. The Morgan fingerprint density at radius 3 is 2.68 bits per heavy atom. The molecule has 2 N–H and O–H groups in total. The van der Waals surface area contributed by atoms with Gasteiger partial charge < -0.3 is 10.1 Å². The first-order valence-electron chi connectivity index (χ1n) is 8.84. The lowest BCUT2D eigenvalue weighted by Gasteiger charge is -2.09. The maximum Gasteiger partial charge on any atom is 0.274 e. The summed E-state index contributed by atoms with van der Waals surface area (Å²) >= 11 is 9.24. The smallest absolute Gasteiger partial charge is 0.274 e. The molecule has 0 spiro atoms. The zero-order valence-electron chi connectivity index (χ0n) is 15.8. The molecule has 3 rings (SSSR count). The molecule has 0 atom stereocenters. The number of hydrazone groups is 1. The lowest BCUT2D eigenvalue weighted by molar-refractivity contribution is -0.118. The monoisotopic (exact) mass is 504 g/mol. The minimum atomic E-state index is -0.486. The zero-order chi connectivity index (χ0) is 22.2. The van der Waals surface area contributed by atoms with Gasteiger partial charge in [-0.05, 0) is 76.1 Å². The molecule has 158 valence electrons. The van der Waals surface area contributed by atoms with Crippen LogP contribution < -0.4 is 15.5 Å². The minimum Gasteiger partial charge on any atom is -0.483 e. The Morgan fingerprint density at radius 2 is 1.97 bits per heavy atom. The van der Waals surface area contributed by atoms with Crippen molar-refractivity contribution in [1.82, 2.24) is 10.4 Å². The molecule has 2 aromatic carbocycles. The number of carbonyl (C=O) groups is 2. The standard InChI is InChI=1S/C21H15BrClFN4O3/c22-17-10-13(11-26-28-21(30)16-2-1-9-25-20(16)23)3-8-18(17)31-12-19(29)27-15-6-4-14(24)5-7-15/h1-11H,12H2,(H,27,29)(H,28,30). The number of carbonyl (C=O) groups excluding carboxylic acids is 2. The zero-order valence-corrected chi connectivity index (χ0v) is 18.2. The molecule has 0 radical (unpaired) electrons. The Hall–Kier alpha value is -3.30. The Kier molecular flexibility index (Phi) is 7.69. The van der Waals surface area contributed by atoms with Gasteiger partial charge in [0.25, 0.3) is 11.8 Å². The third-order valence-electron chi connectivity index (χ3n) is 3.83. The van der Waals surface area contributed by atoms with E-state index < -0.39 is 5.91 Å². The Labute approximate surface area is 190 Å². The molecule has 0 unspecified atom stereocenters. The summed E-state index contributed by atoms with van der Waals surface area (Å²) in [4.78, 5) is 27.8. The van der Waals surface area contributed by atoms with Gasteiger partial charge in [0.2, 0.25) is 0 Å². The van der Waals surface area contributed by atoms with E-state index in [1.807, 2.05) is 0 Å². The molecule has 1 aromatic heterocycles. The summed E-state index contributed by atoms with van der Waals surface area (Å²) in [6, 6.07) is 13.6. The summed E-state index contributed by atoms with van der Waals surface area (Å²) in [6.45, 7) is -0.231. The molecule has 0 saturated carbocycles. The predicted molar refractivity (Wildman–Crippen MR) is 119 cm³/mol. The number of halogens is 3. The number of hydrogen-bond acceptors (Lipinski definition) is 5. The van der Waals surface area contributed by atoms with Crippen LogP contribution in [0.4, 0.5) is 10.1 Å². The number of nitrogens with one attached hydrogen (secondary N) is 2. The van der Waals surface area contributed by atoms with Gasteiger partial charge in [-0.25, -0.2) is 14.8 Å². The third-order valence-corrected chi connectivity index (χ3v) is 4.75. The molecular formula is C21H15BrClFN4O3. The van der Waals surface area contributed by atoms with Gasteiger partial charge in [0.05, 0.1) is 16.3 Å². The van der Waals surface area contributed by atoms with Gasteiger partial charge in [0.1, 0.15) is 16.7 Å². The van der Waals surface area contributed by atoms with E-state index in [0.29, 0.717) is 21.5 Å². The van der Waals surface area contributed by atoms with Gasteiger partial charge >= 0.3 is 0 Å². The first-order chi connectivity index (χ1) is 14.9. The van der Waals surface area contributed by atoms with Crippen LogP contribution in [0.15, 0.2) is 70.4 Å².